The van der Waals surface area contributed by atoms with Gasteiger partial charge in [0.25, 0.3) is 0 Å². The highest BCUT2D eigenvalue weighted by Gasteiger charge is 2.19. The van der Waals surface area contributed by atoms with E-state index in [4.69, 9.17) is 4.74 Å². The maximum atomic E-state index is 11.2. The molecule has 2 N–H and O–H groups in total. The van der Waals surface area contributed by atoms with Crippen LogP contribution in [0, 0.1) is 0 Å². The average molecular weight is 284 g/mol. The fraction of sp³-hybridized carbons (Fsp3) is 0.615. The van der Waals surface area contributed by atoms with E-state index in [0.29, 0.717) is 6.54 Å². The van der Waals surface area contributed by atoms with E-state index in [0.717, 1.165) is 44.8 Å². The minimum Gasteiger partial charge on any atom is -0.480 e. The van der Waals surface area contributed by atoms with Crippen LogP contribution >= 0.6 is 11.3 Å². The summed E-state index contributed by atoms with van der Waals surface area (Å²) in [5.41, 5.74) is 0.837. The first-order chi connectivity index (χ1) is 9.27. The van der Waals surface area contributed by atoms with Gasteiger partial charge in [0.05, 0.1) is 13.2 Å². The number of thiophene rings is 1. The lowest BCUT2D eigenvalue weighted by molar-refractivity contribution is -0.139. The van der Waals surface area contributed by atoms with Crippen molar-refractivity contribution in [1.82, 2.24) is 10.2 Å². The lowest BCUT2D eigenvalue weighted by Crippen LogP contribution is -2.38. The normalized spacial score (nSPS) is 18.3. The lowest BCUT2D eigenvalue weighted by atomic mass is 10.1. The van der Waals surface area contributed by atoms with Crippen molar-refractivity contribution in [3.8, 4) is 0 Å². The maximum absolute atomic E-state index is 11.2. The molecule has 0 spiro atoms. The van der Waals surface area contributed by atoms with Crippen LogP contribution in [0.3, 0.4) is 0 Å². The van der Waals surface area contributed by atoms with Gasteiger partial charge >= 0.3 is 5.97 Å². The van der Waals surface area contributed by atoms with Crippen LogP contribution in [-0.4, -0.2) is 55.4 Å². The average Bonchev–Trinajstić information content (AvgIpc) is 2.93. The Labute approximate surface area is 117 Å². The van der Waals surface area contributed by atoms with Crippen LogP contribution in [-0.2, 0) is 9.53 Å². The van der Waals surface area contributed by atoms with Crippen molar-refractivity contribution >= 4 is 17.3 Å². The largest absolute Gasteiger partial charge is 0.480 e. The second-order valence-electron chi connectivity index (χ2n) is 4.59. The summed E-state index contributed by atoms with van der Waals surface area (Å²) >= 11 is 1.52. The molecular weight excluding hydrogens is 264 g/mol. The lowest BCUT2D eigenvalue weighted by Gasteiger charge is -2.26. The third-order valence-corrected chi connectivity index (χ3v) is 3.93. The number of aliphatic carboxylic acids is 1. The molecule has 1 aromatic heterocycles. The summed E-state index contributed by atoms with van der Waals surface area (Å²) in [6.45, 7) is 5.27. The Morgan fingerprint density at radius 1 is 1.53 bits per heavy atom. The summed E-state index contributed by atoms with van der Waals surface area (Å²) < 4.78 is 5.29. The van der Waals surface area contributed by atoms with Crippen molar-refractivity contribution in [1.29, 1.82) is 0 Å². The van der Waals surface area contributed by atoms with Crippen LogP contribution < -0.4 is 5.32 Å². The van der Waals surface area contributed by atoms with Crippen LogP contribution in [0.25, 0.3) is 0 Å². The van der Waals surface area contributed by atoms with Crippen LogP contribution in [0.1, 0.15) is 18.0 Å². The number of carboxylic acids is 1. The maximum Gasteiger partial charge on any atom is 0.325 e. The number of nitrogens with zero attached hydrogens (tertiary/aromatic N) is 1. The van der Waals surface area contributed by atoms with Gasteiger partial charge in [-0.2, -0.15) is 11.3 Å². The van der Waals surface area contributed by atoms with Crippen molar-refractivity contribution in [3.05, 3.63) is 22.4 Å². The zero-order chi connectivity index (χ0) is 13.5. The second-order valence-corrected chi connectivity index (χ2v) is 5.37. The fourth-order valence-electron chi connectivity index (χ4n) is 2.16. The number of morpholine rings is 1. The Morgan fingerprint density at radius 3 is 2.95 bits per heavy atom. The van der Waals surface area contributed by atoms with E-state index in [1.54, 1.807) is 0 Å². The molecule has 2 heterocycles. The fourth-order valence-corrected chi connectivity index (χ4v) is 2.85. The molecule has 1 unspecified atom stereocenters. The third-order valence-electron chi connectivity index (χ3n) is 3.23. The number of carboxylic acid groups (broad SMARTS) is 1. The van der Waals surface area contributed by atoms with Crippen molar-refractivity contribution in [2.75, 3.05) is 39.4 Å². The van der Waals surface area contributed by atoms with Crippen molar-refractivity contribution < 1.29 is 14.6 Å². The number of hydrogen-bond donors (Lipinski definition) is 2. The molecule has 0 saturated carbocycles. The van der Waals surface area contributed by atoms with Gasteiger partial charge < -0.3 is 15.2 Å². The Hall–Kier alpha value is -0.950. The summed E-state index contributed by atoms with van der Waals surface area (Å²) in [7, 11) is 0. The van der Waals surface area contributed by atoms with Gasteiger partial charge in [-0.05, 0) is 41.9 Å². The molecule has 19 heavy (non-hydrogen) atoms. The van der Waals surface area contributed by atoms with Gasteiger partial charge in [-0.1, -0.05) is 0 Å². The zero-order valence-corrected chi connectivity index (χ0v) is 11.7. The van der Waals surface area contributed by atoms with E-state index in [2.05, 4.69) is 10.2 Å². The summed E-state index contributed by atoms with van der Waals surface area (Å²) in [4.78, 5) is 13.6. The minimum atomic E-state index is -0.815. The van der Waals surface area contributed by atoms with Crippen LogP contribution in [0.15, 0.2) is 16.8 Å². The molecule has 0 aliphatic carbocycles. The van der Waals surface area contributed by atoms with Gasteiger partial charge in [-0.25, -0.2) is 0 Å². The Morgan fingerprint density at radius 2 is 2.32 bits per heavy atom. The monoisotopic (exact) mass is 284 g/mol. The molecule has 1 fully saturated rings. The molecule has 1 atom stereocenters. The first-order valence-corrected chi connectivity index (χ1v) is 7.50. The molecule has 1 aromatic rings. The molecule has 0 bridgehead atoms. The molecule has 1 aliphatic rings. The van der Waals surface area contributed by atoms with Crippen LogP contribution in [0.2, 0.25) is 0 Å². The van der Waals surface area contributed by atoms with Gasteiger partial charge in [0.15, 0.2) is 0 Å². The summed E-state index contributed by atoms with van der Waals surface area (Å²) in [6.07, 6.45) is 0.952. The highest BCUT2D eigenvalue weighted by Crippen LogP contribution is 2.16. The third kappa shape index (κ3) is 4.58. The van der Waals surface area contributed by atoms with E-state index in [-0.39, 0.29) is 0 Å². The highest BCUT2D eigenvalue weighted by atomic mass is 32.1. The van der Waals surface area contributed by atoms with Gasteiger partial charge in [0.2, 0.25) is 0 Å². The first kappa shape index (κ1) is 14.5. The van der Waals surface area contributed by atoms with E-state index in [1.165, 1.54) is 11.3 Å². The first-order valence-electron chi connectivity index (χ1n) is 6.56. The van der Waals surface area contributed by atoms with Gasteiger partial charge in [0.1, 0.15) is 6.04 Å². The standard InChI is InChI=1S/C13H20N2O3S/c16-13(17)12(11-2-9-19-10-11)14-3-1-4-15-5-7-18-8-6-15/h2,9-10,12,14H,1,3-8H2,(H,16,17). The summed E-state index contributed by atoms with van der Waals surface area (Å²) in [6, 6.07) is 1.27. The Kier molecular flexibility index (Phi) is 5.78. The molecule has 0 radical (unpaired) electrons. The molecule has 0 amide bonds. The smallest absolute Gasteiger partial charge is 0.325 e. The SMILES string of the molecule is O=C(O)C(NCCCN1CCOCC1)c1ccsc1. The molecule has 5 nitrogen and oxygen atoms in total. The van der Waals surface area contributed by atoms with Crippen molar-refractivity contribution in [2.45, 2.75) is 12.5 Å². The zero-order valence-electron chi connectivity index (χ0n) is 10.9. The molecule has 2 rings (SSSR count). The molecule has 6 heteroatoms. The topological polar surface area (TPSA) is 61.8 Å². The van der Waals surface area contributed by atoms with Gasteiger partial charge in [-0.15, -0.1) is 0 Å². The predicted octanol–water partition coefficient (Wildman–Crippen LogP) is 1.19. The summed E-state index contributed by atoms with van der Waals surface area (Å²) in [5.74, 6) is -0.815. The molecular formula is C13H20N2O3S. The number of ether oxygens (including phenoxy) is 1. The van der Waals surface area contributed by atoms with E-state index >= 15 is 0 Å². The minimum absolute atomic E-state index is 0.587. The molecule has 1 aliphatic heterocycles. The van der Waals surface area contributed by atoms with E-state index in [9.17, 15) is 9.90 Å². The quantitative estimate of drug-likeness (QED) is 0.736. The van der Waals surface area contributed by atoms with Gasteiger partial charge in [-0.3, -0.25) is 9.69 Å². The van der Waals surface area contributed by atoms with Crippen LogP contribution in [0.4, 0.5) is 0 Å². The van der Waals surface area contributed by atoms with E-state index < -0.39 is 12.0 Å². The predicted molar refractivity (Wildman–Crippen MR) is 74.6 cm³/mol. The van der Waals surface area contributed by atoms with Crippen molar-refractivity contribution in [3.63, 3.8) is 0 Å². The molecule has 1 saturated heterocycles. The Balaban J connectivity index is 1.69. The number of hydrogen-bond acceptors (Lipinski definition) is 5. The number of rotatable bonds is 7. The van der Waals surface area contributed by atoms with E-state index in [1.807, 2.05) is 16.8 Å². The van der Waals surface area contributed by atoms with Crippen molar-refractivity contribution in [2.24, 2.45) is 0 Å². The molecule has 106 valence electrons. The Bertz CT molecular complexity index is 377. The summed E-state index contributed by atoms with van der Waals surface area (Å²) in [5, 5.41) is 16.1. The van der Waals surface area contributed by atoms with Crippen LogP contribution in [0.5, 0.6) is 0 Å². The number of nitrogens with one attached hydrogen (secondary N) is 1. The second kappa shape index (κ2) is 7.59. The number of carbonyl (C=O) groups is 1. The van der Waals surface area contributed by atoms with Gasteiger partial charge in [0, 0.05) is 13.1 Å². The molecule has 0 aromatic carbocycles. The highest BCUT2D eigenvalue weighted by molar-refractivity contribution is 7.08.